The highest BCUT2D eigenvalue weighted by Crippen LogP contribution is 2.31. The Morgan fingerprint density at radius 1 is 0.923 bits per heavy atom. The van der Waals surface area contributed by atoms with Gasteiger partial charge in [0.05, 0.1) is 5.02 Å². The molecule has 0 aliphatic carbocycles. The van der Waals surface area contributed by atoms with Crippen LogP contribution in [0, 0.1) is 6.92 Å². The first-order valence-electron chi connectivity index (χ1n) is 11.8. The summed E-state index contributed by atoms with van der Waals surface area (Å²) in [6, 6.07) is 22.3. The number of sulfonamides is 1. The monoisotopic (exact) mass is 578 g/mol. The maximum absolute atomic E-state index is 13.5. The van der Waals surface area contributed by atoms with Crippen molar-refractivity contribution in [2.24, 2.45) is 0 Å². The second-order valence-corrected chi connectivity index (χ2v) is 12.2. The lowest BCUT2D eigenvalue weighted by Gasteiger charge is -2.14. The van der Waals surface area contributed by atoms with E-state index in [0.717, 1.165) is 33.5 Å². The molecule has 0 radical (unpaired) electrons. The number of anilines is 2. The number of hydrogen-bond acceptors (Lipinski definition) is 6. The molecule has 0 aliphatic heterocycles. The number of carbonyl (C=O) groups excluding carboxylic acids is 1. The van der Waals surface area contributed by atoms with Gasteiger partial charge in [0.15, 0.2) is 0 Å². The zero-order chi connectivity index (χ0) is 27.7. The molecule has 39 heavy (non-hydrogen) atoms. The Labute approximate surface area is 233 Å². The fraction of sp³-hybridized carbons (Fsp3) is 0.0714. The Morgan fingerprint density at radius 3 is 2.26 bits per heavy atom. The van der Waals surface area contributed by atoms with Gasteiger partial charge in [-0.1, -0.05) is 41.9 Å². The van der Waals surface area contributed by atoms with Gasteiger partial charge < -0.3 is 10.6 Å². The molecular formula is C28H23ClN4O4S2. The van der Waals surface area contributed by atoms with Gasteiger partial charge in [-0.2, -0.15) is 0 Å². The molecule has 0 saturated carbocycles. The van der Waals surface area contributed by atoms with Crippen LogP contribution in [-0.4, -0.2) is 26.1 Å². The van der Waals surface area contributed by atoms with E-state index < -0.39 is 16.1 Å². The molecule has 198 valence electrons. The van der Waals surface area contributed by atoms with E-state index in [-0.39, 0.29) is 9.77 Å². The molecular weight excluding hydrogens is 556 g/mol. The summed E-state index contributed by atoms with van der Waals surface area (Å²) in [7, 11) is -2.25. The van der Waals surface area contributed by atoms with E-state index in [2.05, 4.69) is 10.6 Å². The van der Waals surface area contributed by atoms with Crippen LogP contribution in [0.2, 0.25) is 5.02 Å². The van der Waals surface area contributed by atoms with Crippen LogP contribution in [0.3, 0.4) is 0 Å². The molecule has 3 N–H and O–H groups in total. The van der Waals surface area contributed by atoms with Crippen molar-refractivity contribution in [2.45, 2.75) is 11.1 Å². The zero-order valence-electron chi connectivity index (χ0n) is 20.9. The predicted molar refractivity (Wildman–Crippen MR) is 158 cm³/mol. The number of pyridine rings is 1. The summed E-state index contributed by atoms with van der Waals surface area (Å²) in [5.41, 5.74) is 3.48. The topological polar surface area (TPSA) is 109 Å². The first-order valence-corrected chi connectivity index (χ1v) is 14.5. The molecule has 2 aromatic heterocycles. The van der Waals surface area contributed by atoms with Crippen LogP contribution in [0.1, 0.15) is 4.88 Å². The van der Waals surface area contributed by atoms with Crippen LogP contribution in [0.4, 0.5) is 16.2 Å². The van der Waals surface area contributed by atoms with Gasteiger partial charge in [-0.25, -0.2) is 17.9 Å². The number of hydrogen-bond donors (Lipinski definition) is 3. The summed E-state index contributed by atoms with van der Waals surface area (Å²) in [6.45, 7) is 1.69. The SMILES string of the molecule is CNc1ccc2c(=O)n(-c3ccc(NC(=O)NS(=O)(=O)c4cc(Cl)c(C)s4)cc3)cc(-c3ccccc3)c2c1. The number of thiophene rings is 1. The zero-order valence-corrected chi connectivity index (χ0v) is 23.2. The fourth-order valence-corrected chi connectivity index (χ4v) is 6.73. The van der Waals surface area contributed by atoms with E-state index in [9.17, 15) is 18.0 Å². The number of halogens is 1. The summed E-state index contributed by atoms with van der Waals surface area (Å²) in [6.07, 6.45) is 1.80. The van der Waals surface area contributed by atoms with Crippen LogP contribution < -0.4 is 20.9 Å². The second-order valence-electron chi connectivity index (χ2n) is 8.67. The average Bonchev–Trinajstić information content (AvgIpc) is 3.28. The minimum Gasteiger partial charge on any atom is -0.388 e. The third-order valence-electron chi connectivity index (χ3n) is 6.12. The highest BCUT2D eigenvalue weighted by molar-refractivity contribution is 7.92. The lowest BCUT2D eigenvalue weighted by molar-refractivity contribution is 0.256. The lowest BCUT2D eigenvalue weighted by atomic mass is 10.00. The van der Waals surface area contributed by atoms with Crippen LogP contribution in [0.25, 0.3) is 27.6 Å². The molecule has 2 heterocycles. The van der Waals surface area contributed by atoms with Gasteiger partial charge in [0.2, 0.25) is 0 Å². The van der Waals surface area contributed by atoms with Gasteiger partial charge in [0, 0.05) is 46.1 Å². The van der Waals surface area contributed by atoms with Gasteiger partial charge in [-0.3, -0.25) is 9.36 Å². The molecule has 0 saturated heterocycles. The molecule has 0 unspecified atom stereocenters. The molecule has 0 fully saturated rings. The summed E-state index contributed by atoms with van der Waals surface area (Å²) in [5, 5.41) is 7.34. The standard InChI is InChI=1S/C28H23ClN4O4S2/c1-17-25(29)15-26(38-17)39(36,37)32-28(35)31-19-8-11-21(12-9-19)33-16-24(18-6-4-3-5-7-18)23-14-20(30-2)10-13-22(23)27(33)34/h3-16,30H,1-2H3,(H2,31,32,35). The number of carbonyl (C=O) groups is 1. The van der Waals surface area contributed by atoms with Crippen LogP contribution >= 0.6 is 22.9 Å². The maximum atomic E-state index is 13.5. The van der Waals surface area contributed by atoms with Crippen LogP contribution in [0.15, 0.2) is 94.1 Å². The smallest absolute Gasteiger partial charge is 0.333 e. The summed E-state index contributed by atoms with van der Waals surface area (Å²) >= 11 is 6.93. The van der Waals surface area contributed by atoms with Crippen molar-refractivity contribution in [3.63, 3.8) is 0 Å². The number of fused-ring (bicyclic) bond motifs is 1. The van der Waals surface area contributed by atoms with Gasteiger partial charge >= 0.3 is 6.03 Å². The Kier molecular flexibility index (Phi) is 7.17. The van der Waals surface area contributed by atoms with Gasteiger partial charge in [0.25, 0.3) is 15.6 Å². The Bertz CT molecular complexity index is 1850. The first-order chi connectivity index (χ1) is 18.7. The molecule has 5 rings (SSSR count). The third-order valence-corrected chi connectivity index (χ3v) is 9.48. The predicted octanol–water partition coefficient (Wildman–Crippen LogP) is 6.23. The highest BCUT2D eigenvalue weighted by Gasteiger charge is 2.21. The van der Waals surface area contributed by atoms with Crippen molar-refractivity contribution < 1.29 is 13.2 Å². The number of rotatable bonds is 6. The number of nitrogens with zero attached hydrogens (tertiary/aromatic N) is 1. The lowest BCUT2D eigenvalue weighted by Crippen LogP contribution is -2.33. The second kappa shape index (κ2) is 10.6. The first kappa shape index (κ1) is 26.5. The molecule has 0 atom stereocenters. The molecule has 11 heteroatoms. The van der Waals surface area contributed by atoms with E-state index in [1.807, 2.05) is 54.2 Å². The van der Waals surface area contributed by atoms with Crippen molar-refractivity contribution >= 4 is 61.1 Å². The molecule has 2 amide bonds. The molecule has 0 bridgehead atoms. The molecule has 5 aromatic rings. The third kappa shape index (κ3) is 5.40. The van der Waals surface area contributed by atoms with Crippen molar-refractivity contribution in [2.75, 3.05) is 17.7 Å². The van der Waals surface area contributed by atoms with Crippen LogP contribution in [-0.2, 0) is 10.0 Å². The van der Waals surface area contributed by atoms with Crippen molar-refractivity contribution in [1.82, 2.24) is 9.29 Å². The van der Waals surface area contributed by atoms with Gasteiger partial charge in [-0.15, -0.1) is 11.3 Å². The largest absolute Gasteiger partial charge is 0.388 e. The number of amides is 2. The molecule has 0 aliphatic rings. The number of aromatic nitrogens is 1. The van der Waals surface area contributed by atoms with Crippen LogP contribution in [0.5, 0.6) is 0 Å². The highest BCUT2D eigenvalue weighted by atomic mass is 35.5. The maximum Gasteiger partial charge on any atom is 0.333 e. The van der Waals surface area contributed by atoms with E-state index in [1.165, 1.54) is 6.07 Å². The number of urea groups is 1. The van der Waals surface area contributed by atoms with Crippen molar-refractivity contribution in [1.29, 1.82) is 0 Å². The van der Waals surface area contributed by atoms with Gasteiger partial charge in [-0.05, 0) is 66.4 Å². The molecule has 3 aromatic carbocycles. The molecule has 8 nitrogen and oxygen atoms in total. The number of aryl methyl sites for hydroxylation is 1. The average molecular weight is 579 g/mol. The summed E-state index contributed by atoms with van der Waals surface area (Å²) in [5.74, 6) is 0. The summed E-state index contributed by atoms with van der Waals surface area (Å²) in [4.78, 5) is 26.5. The quantitative estimate of drug-likeness (QED) is 0.221. The summed E-state index contributed by atoms with van der Waals surface area (Å²) < 4.78 is 28.5. The minimum atomic E-state index is -4.07. The molecule has 0 spiro atoms. The van der Waals surface area contributed by atoms with Crippen molar-refractivity contribution in [3.8, 4) is 16.8 Å². The number of benzene rings is 3. The van der Waals surface area contributed by atoms with E-state index >= 15 is 0 Å². The Morgan fingerprint density at radius 2 is 1.62 bits per heavy atom. The minimum absolute atomic E-state index is 0.0535. The normalized spacial score (nSPS) is 11.4. The van der Waals surface area contributed by atoms with E-state index in [4.69, 9.17) is 11.6 Å². The van der Waals surface area contributed by atoms with Gasteiger partial charge in [0.1, 0.15) is 4.21 Å². The number of nitrogens with one attached hydrogen (secondary N) is 3. The van der Waals surface area contributed by atoms with Crippen molar-refractivity contribution in [3.05, 3.63) is 105 Å². The van der Waals surface area contributed by atoms with E-state index in [0.29, 0.717) is 26.7 Å². The Hall–Kier alpha value is -4.12. The Balaban J connectivity index is 1.45. The van der Waals surface area contributed by atoms with E-state index in [1.54, 1.807) is 48.0 Å². The fourth-order valence-electron chi connectivity index (χ4n) is 4.14.